The zero-order valence-electron chi connectivity index (χ0n) is 21.0. The largest absolute Gasteiger partial charge is 0.436 e. The van der Waals surface area contributed by atoms with Crippen molar-refractivity contribution >= 4 is 46.6 Å². The van der Waals surface area contributed by atoms with Crippen LogP contribution in [0, 0.1) is 0 Å². The number of carbonyl (C=O) groups excluding carboxylic acids is 3. The highest BCUT2D eigenvalue weighted by molar-refractivity contribution is 6.30. The number of rotatable bonds is 6. The fourth-order valence-corrected chi connectivity index (χ4v) is 5.38. The lowest BCUT2D eigenvalue weighted by atomic mass is 9.83. The minimum Gasteiger partial charge on any atom is -0.436 e. The number of ether oxygens (including phenoxy) is 1. The van der Waals surface area contributed by atoms with Crippen LogP contribution in [0.4, 0.5) is 21.9 Å². The molecule has 38 heavy (non-hydrogen) atoms. The summed E-state index contributed by atoms with van der Waals surface area (Å²) in [5, 5.41) is 9.42. The maximum atomic E-state index is 14.0. The molecule has 1 saturated heterocycles. The molecule has 9 heteroatoms. The molecule has 2 aliphatic rings. The molecule has 0 bridgehead atoms. The molecule has 0 aromatic heterocycles. The number of halogens is 1. The molecule has 8 nitrogen and oxygen atoms in total. The molecule has 3 aromatic carbocycles. The first kappa shape index (κ1) is 25.6. The summed E-state index contributed by atoms with van der Waals surface area (Å²) in [5.41, 5.74) is 2.92. The van der Waals surface area contributed by atoms with Crippen molar-refractivity contribution in [2.75, 3.05) is 29.0 Å². The zero-order chi connectivity index (χ0) is 26.7. The van der Waals surface area contributed by atoms with Crippen LogP contribution in [0.15, 0.2) is 72.8 Å². The van der Waals surface area contributed by atoms with Crippen LogP contribution in [-0.4, -0.2) is 41.9 Å². The van der Waals surface area contributed by atoms with Crippen LogP contribution in [0.25, 0.3) is 0 Å². The second kappa shape index (κ2) is 10.8. The molecule has 2 atom stereocenters. The molecule has 1 spiro atoms. The number of piperidine rings is 1. The Morgan fingerprint density at radius 3 is 2.55 bits per heavy atom. The lowest BCUT2D eigenvalue weighted by molar-refractivity contribution is -0.139. The number of benzene rings is 3. The van der Waals surface area contributed by atoms with Crippen molar-refractivity contribution in [3.05, 3.63) is 88.9 Å². The monoisotopic (exact) mass is 532 g/mol. The number of hydrogen-bond donors (Lipinski definition) is 3. The highest BCUT2D eigenvalue weighted by atomic mass is 35.5. The molecule has 2 heterocycles. The maximum Gasteiger partial charge on any atom is 0.412 e. The number of amides is 3. The second-order valence-corrected chi connectivity index (χ2v) is 10.1. The van der Waals surface area contributed by atoms with E-state index >= 15 is 0 Å². The first-order valence-electron chi connectivity index (χ1n) is 12.6. The Morgan fingerprint density at radius 1 is 1.08 bits per heavy atom. The van der Waals surface area contributed by atoms with Gasteiger partial charge in [0.15, 0.2) is 5.60 Å². The van der Waals surface area contributed by atoms with Crippen LogP contribution in [0.2, 0.25) is 5.02 Å². The minimum atomic E-state index is -0.965. The molecule has 3 aromatic rings. The Bertz CT molecular complexity index is 1350. The van der Waals surface area contributed by atoms with Gasteiger partial charge in [-0.3, -0.25) is 14.9 Å². The van der Waals surface area contributed by atoms with Crippen LogP contribution >= 0.6 is 11.6 Å². The predicted octanol–water partition coefficient (Wildman–Crippen LogP) is 5.40. The SMILES string of the molecule is CC(=O)Nc1ccc(N[C@@H](Cc2ccccc2)C(=O)N2CCC[C@@]3(C2)OC(=O)Nc2ccc(Cl)cc23)cc1. The molecule has 2 aliphatic heterocycles. The Kier molecular flexibility index (Phi) is 7.24. The molecule has 0 radical (unpaired) electrons. The molecular formula is C29H29ClN4O4. The summed E-state index contributed by atoms with van der Waals surface area (Å²) in [4.78, 5) is 39.6. The quantitative estimate of drug-likeness (QED) is 0.394. The van der Waals surface area contributed by atoms with Crippen LogP contribution in [0.3, 0.4) is 0 Å². The summed E-state index contributed by atoms with van der Waals surface area (Å²) < 4.78 is 5.88. The summed E-state index contributed by atoms with van der Waals surface area (Å²) in [6.07, 6.45) is 1.21. The first-order chi connectivity index (χ1) is 18.3. The lowest BCUT2D eigenvalue weighted by Gasteiger charge is -2.45. The van der Waals surface area contributed by atoms with E-state index in [1.54, 1.807) is 35.2 Å². The summed E-state index contributed by atoms with van der Waals surface area (Å²) in [5.74, 6) is -0.236. The topological polar surface area (TPSA) is 99.8 Å². The van der Waals surface area contributed by atoms with Crippen LogP contribution in [0.5, 0.6) is 0 Å². The van der Waals surface area contributed by atoms with Gasteiger partial charge in [-0.05, 0) is 60.9 Å². The third-order valence-electron chi connectivity index (χ3n) is 6.89. The van der Waals surface area contributed by atoms with Crippen molar-refractivity contribution in [1.29, 1.82) is 0 Å². The van der Waals surface area contributed by atoms with Crippen molar-refractivity contribution in [3.63, 3.8) is 0 Å². The van der Waals surface area contributed by atoms with Crippen molar-refractivity contribution in [3.8, 4) is 0 Å². The van der Waals surface area contributed by atoms with E-state index in [0.29, 0.717) is 42.2 Å². The van der Waals surface area contributed by atoms with Gasteiger partial charge in [0.25, 0.3) is 0 Å². The van der Waals surface area contributed by atoms with Crippen LogP contribution in [0.1, 0.15) is 30.9 Å². The Balaban J connectivity index is 1.41. The smallest absolute Gasteiger partial charge is 0.412 e. The molecule has 0 unspecified atom stereocenters. The normalized spacial score (nSPS) is 19.1. The molecule has 3 amide bonds. The van der Waals surface area contributed by atoms with Crippen LogP contribution in [-0.2, 0) is 26.3 Å². The third kappa shape index (κ3) is 5.60. The van der Waals surface area contributed by atoms with Gasteiger partial charge in [-0.2, -0.15) is 0 Å². The highest BCUT2D eigenvalue weighted by Crippen LogP contribution is 2.43. The van der Waals surface area contributed by atoms with Crippen molar-refractivity contribution in [2.45, 2.75) is 37.8 Å². The first-order valence-corrected chi connectivity index (χ1v) is 13.0. The van der Waals surface area contributed by atoms with Crippen LogP contribution < -0.4 is 16.0 Å². The Morgan fingerprint density at radius 2 is 1.82 bits per heavy atom. The number of fused-ring (bicyclic) bond motifs is 2. The molecule has 0 saturated carbocycles. The summed E-state index contributed by atoms with van der Waals surface area (Å²) >= 11 is 6.30. The molecular weight excluding hydrogens is 504 g/mol. The van der Waals surface area contributed by atoms with E-state index < -0.39 is 17.7 Å². The second-order valence-electron chi connectivity index (χ2n) is 9.71. The van der Waals surface area contributed by atoms with Crippen molar-refractivity contribution in [1.82, 2.24) is 4.90 Å². The fourth-order valence-electron chi connectivity index (χ4n) is 5.21. The number of hydrogen-bond acceptors (Lipinski definition) is 5. The van der Waals surface area contributed by atoms with Gasteiger partial charge < -0.3 is 20.3 Å². The number of carbonyl (C=O) groups is 3. The van der Waals surface area contributed by atoms with E-state index in [-0.39, 0.29) is 18.4 Å². The van der Waals surface area contributed by atoms with E-state index in [1.165, 1.54) is 6.92 Å². The predicted molar refractivity (Wildman–Crippen MR) is 147 cm³/mol. The number of nitrogens with zero attached hydrogens (tertiary/aromatic N) is 1. The molecule has 5 rings (SSSR count). The minimum absolute atomic E-state index is 0.0861. The van der Waals surface area contributed by atoms with Gasteiger partial charge in [0.1, 0.15) is 6.04 Å². The van der Waals surface area contributed by atoms with Gasteiger partial charge in [-0.25, -0.2) is 4.79 Å². The summed E-state index contributed by atoms with van der Waals surface area (Å²) in [7, 11) is 0. The average molecular weight is 533 g/mol. The van der Waals surface area contributed by atoms with E-state index in [9.17, 15) is 14.4 Å². The lowest BCUT2D eigenvalue weighted by Crippen LogP contribution is -2.56. The number of likely N-dealkylation sites (tertiary alicyclic amines) is 1. The van der Waals surface area contributed by atoms with Crippen molar-refractivity contribution in [2.24, 2.45) is 0 Å². The van der Waals surface area contributed by atoms with Gasteiger partial charge in [0.2, 0.25) is 11.8 Å². The maximum absolute atomic E-state index is 14.0. The van der Waals surface area contributed by atoms with E-state index in [0.717, 1.165) is 16.8 Å². The number of nitrogens with one attached hydrogen (secondary N) is 3. The molecule has 0 aliphatic carbocycles. The molecule has 196 valence electrons. The van der Waals surface area contributed by atoms with E-state index in [1.807, 2.05) is 42.5 Å². The van der Waals surface area contributed by atoms with Gasteiger partial charge in [0.05, 0.1) is 12.2 Å². The molecule has 1 fully saturated rings. The third-order valence-corrected chi connectivity index (χ3v) is 7.13. The summed E-state index contributed by atoms with van der Waals surface area (Å²) in [6.45, 7) is 2.25. The van der Waals surface area contributed by atoms with Gasteiger partial charge in [-0.15, -0.1) is 0 Å². The van der Waals surface area contributed by atoms with Gasteiger partial charge >= 0.3 is 6.09 Å². The van der Waals surface area contributed by atoms with Crippen molar-refractivity contribution < 1.29 is 19.1 Å². The zero-order valence-corrected chi connectivity index (χ0v) is 21.8. The highest BCUT2D eigenvalue weighted by Gasteiger charge is 2.47. The standard InChI is InChI=1S/C29H29ClN4O4/c1-19(35)31-22-9-11-23(12-10-22)32-26(16-20-6-3-2-4-7-20)27(36)34-15-5-14-29(18-34)24-17-21(30)8-13-25(24)33-28(37)38-29/h2-4,6-13,17,26,32H,5,14-16,18H2,1H3,(H,31,35)(H,33,37)/t26-,29-/m0/s1. The van der Waals surface area contributed by atoms with Gasteiger partial charge in [-0.1, -0.05) is 41.9 Å². The Hall–Kier alpha value is -4.04. The average Bonchev–Trinajstić information content (AvgIpc) is 2.90. The summed E-state index contributed by atoms with van der Waals surface area (Å²) in [6, 6.07) is 21.8. The van der Waals surface area contributed by atoms with E-state index in [2.05, 4.69) is 16.0 Å². The number of anilines is 3. The fraction of sp³-hybridized carbons (Fsp3) is 0.276. The molecule has 3 N–H and O–H groups in total. The van der Waals surface area contributed by atoms with Gasteiger partial charge in [0, 0.05) is 41.9 Å². The van der Waals surface area contributed by atoms with E-state index in [4.69, 9.17) is 16.3 Å². The Labute approximate surface area is 226 Å².